The molecule has 156 valence electrons. The molecule has 6 heteroatoms. The number of hydrogen-bond donors (Lipinski definition) is 0. The van der Waals surface area contributed by atoms with Gasteiger partial charge in [0.15, 0.2) is 5.82 Å². The maximum atomic E-state index is 12.6. The van der Waals surface area contributed by atoms with Crippen molar-refractivity contribution in [3.05, 3.63) is 46.0 Å². The Morgan fingerprint density at radius 1 is 1.14 bits per heavy atom. The highest BCUT2D eigenvalue weighted by Gasteiger charge is 2.30. The third-order valence-corrected chi connectivity index (χ3v) is 6.55. The number of nitrogens with zero attached hydrogens (tertiary/aromatic N) is 3. The topological polar surface area (TPSA) is 57.0 Å². The molecule has 2 saturated carbocycles. The minimum Gasteiger partial charge on any atom is -0.370 e. The summed E-state index contributed by atoms with van der Waals surface area (Å²) in [6.45, 7) is 2.50. The number of benzene rings is 1. The summed E-state index contributed by atoms with van der Waals surface area (Å²) in [6.07, 6.45) is 10.4. The number of carbonyl (C=O) groups is 1. The predicted octanol–water partition coefficient (Wildman–Crippen LogP) is 5.17. The molecule has 0 unspecified atom stereocenters. The van der Waals surface area contributed by atoms with Crippen molar-refractivity contribution in [3.8, 4) is 0 Å². The van der Waals surface area contributed by atoms with Crippen LogP contribution in [0.5, 0.6) is 0 Å². The Hall–Kier alpha value is -1.72. The lowest BCUT2D eigenvalue weighted by atomic mass is 9.98. The van der Waals surface area contributed by atoms with E-state index < -0.39 is 0 Å². The van der Waals surface area contributed by atoms with Crippen LogP contribution in [0, 0.1) is 6.92 Å². The first-order valence-electron chi connectivity index (χ1n) is 10.9. The quantitative estimate of drug-likeness (QED) is 0.567. The van der Waals surface area contributed by atoms with Crippen molar-refractivity contribution in [2.24, 2.45) is 0 Å². The minimum absolute atomic E-state index is 0.209. The van der Waals surface area contributed by atoms with Gasteiger partial charge in [0.05, 0.1) is 6.10 Å². The smallest absolute Gasteiger partial charge is 0.159 e. The van der Waals surface area contributed by atoms with Gasteiger partial charge in [-0.2, -0.15) is 0 Å². The minimum atomic E-state index is 0.209. The van der Waals surface area contributed by atoms with Gasteiger partial charge in [0.1, 0.15) is 18.2 Å². The van der Waals surface area contributed by atoms with E-state index in [1.54, 1.807) is 0 Å². The molecule has 0 atom stereocenters. The lowest BCUT2D eigenvalue weighted by Crippen LogP contribution is -2.18. The van der Waals surface area contributed by atoms with Gasteiger partial charge in [-0.1, -0.05) is 43.0 Å². The second-order valence-corrected chi connectivity index (χ2v) is 8.85. The zero-order chi connectivity index (χ0) is 20.2. The van der Waals surface area contributed by atoms with Crippen molar-refractivity contribution in [1.82, 2.24) is 14.8 Å². The van der Waals surface area contributed by atoms with Crippen molar-refractivity contribution in [3.63, 3.8) is 0 Å². The summed E-state index contributed by atoms with van der Waals surface area (Å²) in [5, 5.41) is 9.53. The summed E-state index contributed by atoms with van der Waals surface area (Å²) in [5.41, 5.74) is 2.00. The molecule has 0 aliphatic heterocycles. The molecule has 2 fully saturated rings. The second-order valence-electron chi connectivity index (χ2n) is 8.44. The monoisotopic (exact) mass is 415 g/mol. The zero-order valence-corrected chi connectivity index (χ0v) is 18.0. The molecule has 0 bridgehead atoms. The molecule has 1 aromatic heterocycles. The van der Waals surface area contributed by atoms with Crippen LogP contribution < -0.4 is 0 Å². The zero-order valence-electron chi connectivity index (χ0n) is 17.2. The fourth-order valence-corrected chi connectivity index (χ4v) is 4.40. The average molecular weight is 416 g/mol. The Bertz CT molecular complexity index is 854. The van der Waals surface area contributed by atoms with Gasteiger partial charge in [-0.3, -0.25) is 4.79 Å². The van der Waals surface area contributed by atoms with Gasteiger partial charge in [-0.05, 0) is 49.8 Å². The van der Waals surface area contributed by atoms with Crippen molar-refractivity contribution >= 4 is 17.4 Å². The van der Waals surface area contributed by atoms with Gasteiger partial charge < -0.3 is 9.30 Å². The highest BCUT2D eigenvalue weighted by atomic mass is 35.5. The number of Topliss-reactive ketones (excluding diaryl/α,β-unsaturated/α-hetero) is 1. The van der Waals surface area contributed by atoms with E-state index >= 15 is 0 Å². The third kappa shape index (κ3) is 5.26. The molecule has 0 N–H and O–H groups in total. The van der Waals surface area contributed by atoms with Crippen LogP contribution in [0.3, 0.4) is 0 Å². The Morgan fingerprint density at radius 3 is 2.66 bits per heavy atom. The molecule has 2 aliphatic carbocycles. The van der Waals surface area contributed by atoms with Crippen LogP contribution in [0.15, 0.2) is 18.2 Å². The van der Waals surface area contributed by atoms with Crippen LogP contribution in [-0.4, -0.2) is 26.7 Å². The van der Waals surface area contributed by atoms with Crippen LogP contribution in [0.4, 0.5) is 0 Å². The van der Waals surface area contributed by atoms with Gasteiger partial charge in [0, 0.05) is 30.3 Å². The van der Waals surface area contributed by atoms with E-state index in [9.17, 15) is 4.79 Å². The van der Waals surface area contributed by atoms with Gasteiger partial charge in [0.25, 0.3) is 0 Å². The molecule has 2 aliphatic rings. The molecular weight excluding hydrogens is 386 g/mol. The highest BCUT2D eigenvalue weighted by Crippen LogP contribution is 2.37. The van der Waals surface area contributed by atoms with Crippen LogP contribution in [-0.2, 0) is 29.0 Å². The molecule has 0 amide bonds. The summed E-state index contributed by atoms with van der Waals surface area (Å²) in [6, 6.07) is 6.22. The SMILES string of the molecule is Cc1c(Cl)cccc1CC(=O)CCc1nnc(COC2CCCCC2)n1C1CC1. The Balaban J connectivity index is 1.35. The van der Waals surface area contributed by atoms with E-state index in [2.05, 4.69) is 14.8 Å². The first-order chi connectivity index (χ1) is 14.1. The van der Waals surface area contributed by atoms with Crippen molar-refractivity contribution in [2.75, 3.05) is 0 Å². The van der Waals surface area contributed by atoms with Crippen LogP contribution >= 0.6 is 11.6 Å². The fraction of sp³-hybridized carbons (Fsp3) is 0.609. The highest BCUT2D eigenvalue weighted by molar-refractivity contribution is 6.31. The maximum absolute atomic E-state index is 12.6. The fourth-order valence-electron chi connectivity index (χ4n) is 4.20. The van der Waals surface area contributed by atoms with E-state index in [4.69, 9.17) is 16.3 Å². The van der Waals surface area contributed by atoms with Crippen LogP contribution in [0.25, 0.3) is 0 Å². The Morgan fingerprint density at radius 2 is 1.90 bits per heavy atom. The van der Waals surface area contributed by atoms with E-state index in [1.165, 1.54) is 19.3 Å². The molecule has 5 nitrogen and oxygen atoms in total. The first-order valence-corrected chi connectivity index (χ1v) is 11.3. The van der Waals surface area contributed by atoms with Gasteiger partial charge in [-0.15, -0.1) is 10.2 Å². The summed E-state index contributed by atoms with van der Waals surface area (Å²) < 4.78 is 8.36. The number of aryl methyl sites for hydroxylation is 1. The van der Waals surface area contributed by atoms with Crippen molar-refractivity contribution < 1.29 is 9.53 Å². The molecule has 0 saturated heterocycles. The maximum Gasteiger partial charge on any atom is 0.159 e. The summed E-state index contributed by atoms with van der Waals surface area (Å²) in [4.78, 5) is 12.6. The molecule has 0 spiro atoms. The summed E-state index contributed by atoms with van der Waals surface area (Å²) in [5.74, 6) is 2.05. The molecule has 0 radical (unpaired) electrons. The molecule has 29 heavy (non-hydrogen) atoms. The molecule has 4 rings (SSSR count). The molecule has 1 heterocycles. The van der Waals surface area contributed by atoms with Crippen molar-refractivity contribution in [1.29, 1.82) is 0 Å². The van der Waals surface area contributed by atoms with Gasteiger partial charge in [-0.25, -0.2) is 0 Å². The van der Waals surface area contributed by atoms with E-state index in [0.717, 1.165) is 48.5 Å². The van der Waals surface area contributed by atoms with E-state index in [0.29, 0.717) is 43.0 Å². The number of halogens is 1. The number of aromatic nitrogens is 3. The van der Waals surface area contributed by atoms with Crippen LogP contribution in [0.1, 0.15) is 80.2 Å². The second kappa shape index (κ2) is 9.40. The lowest BCUT2D eigenvalue weighted by Gasteiger charge is -2.22. The van der Waals surface area contributed by atoms with E-state index in [-0.39, 0.29) is 5.78 Å². The normalized spacial score (nSPS) is 17.6. The Kier molecular flexibility index (Phi) is 6.66. The van der Waals surface area contributed by atoms with Gasteiger partial charge in [0.2, 0.25) is 0 Å². The first kappa shape index (κ1) is 20.5. The number of rotatable bonds is 9. The summed E-state index contributed by atoms with van der Waals surface area (Å²) in [7, 11) is 0. The average Bonchev–Trinajstić information content (AvgIpc) is 3.49. The Labute approximate surface area is 177 Å². The number of ether oxygens (including phenoxy) is 1. The largest absolute Gasteiger partial charge is 0.370 e. The molecule has 2 aromatic rings. The number of hydrogen-bond acceptors (Lipinski definition) is 4. The molecular formula is C23H30ClN3O2. The van der Waals surface area contributed by atoms with Gasteiger partial charge >= 0.3 is 0 Å². The number of ketones is 1. The lowest BCUT2D eigenvalue weighted by molar-refractivity contribution is -0.118. The summed E-state index contributed by atoms with van der Waals surface area (Å²) >= 11 is 6.18. The third-order valence-electron chi connectivity index (χ3n) is 6.14. The number of carbonyl (C=O) groups excluding carboxylic acids is 1. The standard InChI is InChI=1S/C23H30ClN3O2/c1-16-17(6-5-9-21(16)24)14-19(28)12-13-22-25-26-23(27(22)18-10-11-18)15-29-20-7-3-2-4-8-20/h5-6,9,18,20H,2-4,7-8,10-15H2,1H3. The molecule has 1 aromatic carbocycles. The predicted molar refractivity (Wildman–Crippen MR) is 113 cm³/mol. The van der Waals surface area contributed by atoms with Crippen molar-refractivity contribution in [2.45, 2.75) is 89.9 Å². The van der Waals surface area contributed by atoms with Crippen LogP contribution in [0.2, 0.25) is 5.02 Å². The van der Waals surface area contributed by atoms with E-state index in [1.807, 2.05) is 25.1 Å².